The summed E-state index contributed by atoms with van der Waals surface area (Å²) in [5.41, 5.74) is 0.723. The Kier molecular flexibility index (Phi) is 6.20. The Labute approximate surface area is 147 Å². The Morgan fingerprint density at radius 1 is 1.12 bits per heavy atom. The summed E-state index contributed by atoms with van der Waals surface area (Å²) in [7, 11) is 0. The van der Waals surface area contributed by atoms with Gasteiger partial charge in [-0.15, -0.1) is 5.10 Å². The predicted octanol–water partition coefficient (Wildman–Crippen LogP) is 4.45. The van der Waals surface area contributed by atoms with Gasteiger partial charge < -0.3 is 0 Å². The van der Waals surface area contributed by atoms with Crippen molar-refractivity contribution in [1.82, 2.24) is 14.8 Å². The van der Waals surface area contributed by atoms with E-state index >= 15 is 0 Å². The summed E-state index contributed by atoms with van der Waals surface area (Å²) in [6, 6.07) is 13.3. The fourth-order valence-electron chi connectivity index (χ4n) is 1.90. The Hall–Kier alpha value is -2.54. The maximum atomic E-state index is 13.9. The van der Waals surface area contributed by atoms with Crippen molar-refractivity contribution in [3.63, 3.8) is 0 Å². The first-order chi connectivity index (χ1) is 11.6. The second kappa shape index (κ2) is 8.35. The number of amides is 1. The molecule has 3 rings (SSSR count). The highest BCUT2D eigenvalue weighted by atomic mass is 79.9. The van der Waals surface area contributed by atoms with E-state index in [4.69, 9.17) is 0 Å². The summed E-state index contributed by atoms with van der Waals surface area (Å²) in [6.45, 7) is 4.00. The average Bonchev–Trinajstić information content (AvgIpc) is 3.05. The van der Waals surface area contributed by atoms with E-state index in [0.717, 1.165) is 0 Å². The van der Waals surface area contributed by atoms with Crippen LogP contribution in [0.2, 0.25) is 0 Å². The average molecular weight is 391 g/mol. The van der Waals surface area contributed by atoms with Crippen molar-refractivity contribution in [3.05, 3.63) is 70.7 Å². The van der Waals surface area contributed by atoms with Gasteiger partial charge in [0.25, 0.3) is 5.91 Å². The van der Waals surface area contributed by atoms with Crippen LogP contribution in [0.3, 0.4) is 0 Å². The Bertz CT molecular complexity index is 800. The van der Waals surface area contributed by atoms with Gasteiger partial charge in [0.2, 0.25) is 5.95 Å². The number of anilines is 1. The lowest BCUT2D eigenvalue weighted by Gasteiger charge is -2.04. The Balaban J connectivity index is 0.00000100. The zero-order valence-corrected chi connectivity index (χ0v) is 14.8. The first-order valence-corrected chi connectivity index (χ1v) is 8.17. The van der Waals surface area contributed by atoms with Crippen LogP contribution in [0.5, 0.6) is 0 Å². The fraction of sp³-hybridized carbons (Fsp3) is 0.118. The molecular weight excluding hydrogens is 375 g/mol. The third-order valence-electron chi connectivity index (χ3n) is 2.92. The number of aromatic nitrogens is 3. The topological polar surface area (TPSA) is 59.8 Å². The molecule has 124 valence electrons. The lowest BCUT2D eigenvalue weighted by molar-refractivity contribution is 0.102. The molecule has 3 aromatic rings. The number of para-hydroxylation sites is 1. The highest BCUT2D eigenvalue weighted by Gasteiger charge is 2.13. The standard InChI is InChI=1S/C15H10BrFN4O.C2H6/c16-11-7-4-8-12(17)13(11)21-9-18-15(20-21)19-14(22)10-5-2-1-3-6-10;1-2/h1-9H,(H,19,20,22);1-2H3. The summed E-state index contributed by atoms with van der Waals surface area (Å²) < 4.78 is 15.7. The molecule has 0 aliphatic rings. The molecule has 1 aromatic heterocycles. The maximum Gasteiger partial charge on any atom is 0.258 e. The van der Waals surface area contributed by atoms with Crippen LogP contribution in [-0.4, -0.2) is 20.7 Å². The quantitative estimate of drug-likeness (QED) is 0.718. The number of nitrogens with one attached hydrogen (secondary N) is 1. The van der Waals surface area contributed by atoms with E-state index in [0.29, 0.717) is 10.0 Å². The Morgan fingerprint density at radius 2 is 1.83 bits per heavy atom. The first-order valence-electron chi connectivity index (χ1n) is 7.37. The van der Waals surface area contributed by atoms with Crippen molar-refractivity contribution in [3.8, 4) is 5.69 Å². The van der Waals surface area contributed by atoms with Crippen LogP contribution < -0.4 is 5.32 Å². The number of carbonyl (C=O) groups excluding carboxylic acids is 1. The number of halogens is 2. The van der Waals surface area contributed by atoms with Crippen LogP contribution >= 0.6 is 15.9 Å². The molecule has 0 saturated heterocycles. The van der Waals surface area contributed by atoms with Gasteiger partial charge in [0, 0.05) is 10.0 Å². The Morgan fingerprint density at radius 3 is 2.50 bits per heavy atom. The van der Waals surface area contributed by atoms with E-state index < -0.39 is 5.82 Å². The SMILES string of the molecule is CC.O=C(Nc1ncn(-c2c(F)cccc2Br)n1)c1ccccc1. The molecule has 5 nitrogen and oxygen atoms in total. The van der Waals surface area contributed by atoms with E-state index in [2.05, 4.69) is 31.3 Å². The van der Waals surface area contributed by atoms with Crippen molar-refractivity contribution in [2.75, 3.05) is 5.32 Å². The minimum atomic E-state index is -0.444. The van der Waals surface area contributed by atoms with Crippen LogP contribution in [0.4, 0.5) is 10.3 Å². The highest BCUT2D eigenvalue weighted by molar-refractivity contribution is 9.10. The van der Waals surface area contributed by atoms with Crippen molar-refractivity contribution >= 4 is 27.8 Å². The van der Waals surface area contributed by atoms with Crippen molar-refractivity contribution < 1.29 is 9.18 Å². The zero-order chi connectivity index (χ0) is 17.5. The summed E-state index contributed by atoms with van der Waals surface area (Å²) in [5.74, 6) is -0.671. The van der Waals surface area contributed by atoms with Gasteiger partial charge in [-0.3, -0.25) is 10.1 Å². The molecule has 1 N–H and O–H groups in total. The van der Waals surface area contributed by atoms with Gasteiger partial charge in [-0.25, -0.2) is 9.07 Å². The predicted molar refractivity (Wildman–Crippen MR) is 94.8 cm³/mol. The normalized spacial score (nSPS) is 9.83. The molecule has 0 saturated carbocycles. The van der Waals surface area contributed by atoms with Gasteiger partial charge in [0.05, 0.1) is 0 Å². The number of hydrogen-bond donors (Lipinski definition) is 1. The number of hydrogen-bond acceptors (Lipinski definition) is 3. The van der Waals surface area contributed by atoms with E-state index in [1.165, 1.54) is 17.1 Å². The number of nitrogens with zero attached hydrogens (tertiary/aromatic N) is 3. The van der Waals surface area contributed by atoms with Gasteiger partial charge in [0.1, 0.15) is 17.8 Å². The van der Waals surface area contributed by atoms with Crippen molar-refractivity contribution in [2.24, 2.45) is 0 Å². The van der Waals surface area contributed by atoms with Crippen molar-refractivity contribution in [2.45, 2.75) is 13.8 Å². The number of carbonyl (C=O) groups is 1. The smallest absolute Gasteiger partial charge is 0.258 e. The van der Waals surface area contributed by atoms with Crippen LogP contribution in [-0.2, 0) is 0 Å². The molecule has 0 bridgehead atoms. The van der Waals surface area contributed by atoms with Gasteiger partial charge in [-0.05, 0) is 40.2 Å². The summed E-state index contributed by atoms with van der Waals surface area (Å²) in [6.07, 6.45) is 1.34. The lowest BCUT2D eigenvalue weighted by Crippen LogP contribution is -2.13. The molecular formula is C17H16BrFN4O. The van der Waals surface area contributed by atoms with E-state index in [9.17, 15) is 9.18 Å². The first kappa shape index (κ1) is 17.8. The minimum absolute atomic E-state index is 0.101. The third-order valence-corrected chi connectivity index (χ3v) is 3.56. The maximum absolute atomic E-state index is 13.9. The lowest BCUT2D eigenvalue weighted by atomic mass is 10.2. The number of benzene rings is 2. The molecule has 24 heavy (non-hydrogen) atoms. The highest BCUT2D eigenvalue weighted by Crippen LogP contribution is 2.23. The molecule has 1 amide bonds. The van der Waals surface area contributed by atoms with Crippen LogP contribution in [0.1, 0.15) is 24.2 Å². The summed E-state index contributed by atoms with van der Waals surface area (Å²) in [5, 5.41) is 6.64. The molecule has 0 aliphatic heterocycles. The molecule has 0 atom stereocenters. The molecule has 0 aliphatic carbocycles. The summed E-state index contributed by atoms with van der Waals surface area (Å²) in [4.78, 5) is 16.0. The molecule has 0 radical (unpaired) electrons. The van der Waals surface area contributed by atoms with E-state index in [-0.39, 0.29) is 17.5 Å². The van der Waals surface area contributed by atoms with Gasteiger partial charge in [-0.1, -0.05) is 38.1 Å². The van der Waals surface area contributed by atoms with Crippen LogP contribution in [0, 0.1) is 5.82 Å². The fourth-order valence-corrected chi connectivity index (χ4v) is 2.42. The second-order valence-electron chi connectivity index (χ2n) is 4.40. The molecule has 1 heterocycles. The monoisotopic (exact) mass is 390 g/mol. The van der Waals surface area contributed by atoms with E-state index in [1.807, 2.05) is 19.9 Å². The molecule has 0 unspecified atom stereocenters. The number of rotatable bonds is 3. The molecule has 0 spiro atoms. The van der Waals surface area contributed by atoms with Crippen molar-refractivity contribution in [1.29, 1.82) is 0 Å². The van der Waals surface area contributed by atoms with Gasteiger partial charge >= 0.3 is 0 Å². The third kappa shape index (κ3) is 4.05. The molecule has 7 heteroatoms. The second-order valence-corrected chi connectivity index (χ2v) is 5.26. The molecule has 2 aromatic carbocycles. The van der Waals surface area contributed by atoms with Crippen LogP contribution in [0.25, 0.3) is 5.69 Å². The molecule has 0 fully saturated rings. The largest absolute Gasteiger partial charge is 0.289 e. The summed E-state index contributed by atoms with van der Waals surface area (Å²) >= 11 is 3.26. The van der Waals surface area contributed by atoms with Gasteiger partial charge in [-0.2, -0.15) is 4.98 Å². The van der Waals surface area contributed by atoms with E-state index in [1.54, 1.807) is 36.4 Å². The zero-order valence-electron chi connectivity index (χ0n) is 13.2. The minimum Gasteiger partial charge on any atom is -0.289 e. The van der Waals surface area contributed by atoms with Crippen LogP contribution in [0.15, 0.2) is 59.3 Å². The van der Waals surface area contributed by atoms with Gasteiger partial charge in [0.15, 0.2) is 0 Å².